The summed E-state index contributed by atoms with van der Waals surface area (Å²) in [5.41, 5.74) is -0.992. The Bertz CT molecular complexity index is 726. The van der Waals surface area contributed by atoms with E-state index < -0.39 is 47.4 Å². The fourth-order valence-corrected chi connectivity index (χ4v) is 2.38. The summed E-state index contributed by atoms with van der Waals surface area (Å²) >= 11 is 5.80. The Kier molecular flexibility index (Phi) is 5.64. The summed E-state index contributed by atoms with van der Waals surface area (Å²) in [4.78, 5) is 11.8. The van der Waals surface area contributed by atoms with E-state index in [2.05, 4.69) is 9.47 Å². The van der Waals surface area contributed by atoms with E-state index in [4.69, 9.17) is 16.3 Å². The van der Waals surface area contributed by atoms with Gasteiger partial charge in [0.05, 0.1) is 17.2 Å². The van der Waals surface area contributed by atoms with Gasteiger partial charge >= 0.3 is 18.3 Å². The average Bonchev–Trinajstić information content (AvgIpc) is 2.50. The molecule has 0 saturated heterocycles. The zero-order chi connectivity index (χ0) is 19.7. The maximum absolute atomic E-state index is 13.2. The number of hydrogen-bond donors (Lipinski definition) is 0. The number of carbonyl (C=O) groups excluding carboxylic acids is 1. The highest BCUT2D eigenvalue weighted by atomic mass is 35.5. The highest BCUT2D eigenvalue weighted by molar-refractivity contribution is 6.32. The Morgan fingerprint density at radius 3 is 2.42 bits per heavy atom. The van der Waals surface area contributed by atoms with Gasteiger partial charge in [0.2, 0.25) is 6.10 Å². The molecule has 0 aliphatic carbocycles. The molecule has 1 heterocycles. The molecule has 1 aromatic rings. The third kappa shape index (κ3) is 4.75. The average molecular weight is 405 g/mol. The second-order valence-corrected chi connectivity index (χ2v) is 5.49. The molecule has 144 valence electrons. The maximum atomic E-state index is 13.2. The van der Waals surface area contributed by atoms with Crippen LogP contribution in [0.4, 0.5) is 26.3 Å². The van der Waals surface area contributed by atoms with Crippen molar-refractivity contribution in [2.75, 3.05) is 13.2 Å². The van der Waals surface area contributed by atoms with Crippen molar-refractivity contribution in [1.29, 1.82) is 0 Å². The summed E-state index contributed by atoms with van der Waals surface area (Å²) in [6.07, 6.45) is -11.4. The molecule has 1 unspecified atom stereocenters. The molecule has 26 heavy (non-hydrogen) atoms. The number of ether oxygens (including phenoxy) is 3. The lowest BCUT2D eigenvalue weighted by atomic mass is 10.0. The minimum Gasteiger partial charge on any atom is -0.484 e. The highest BCUT2D eigenvalue weighted by Crippen LogP contribution is 2.43. The molecule has 1 aliphatic rings. The molecule has 0 amide bonds. The van der Waals surface area contributed by atoms with Gasteiger partial charge in [0.1, 0.15) is 11.5 Å². The zero-order valence-corrected chi connectivity index (χ0v) is 13.8. The van der Waals surface area contributed by atoms with Crippen molar-refractivity contribution in [1.82, 2.24) is 0 Å². The summed E-state index contributed by atoms with van der Waals surface area (Å²) in [6.45, 7) is -0.398. The van der Waals surface area contributed by atoms with Gasteiger partial charge in [-0.25, -0.2) is 4.79 Å². The van der Waals surface area contributed by atoms with Gasteiger partial charge in [0.15, 0.2) is 6.61 Å². The van der Waals surface area contributed by atoms with Gasteiger partial charge < -0.3 is 14.2 Å². The van der Waals surface area contributed by atoms with Crippen LogP contribution in [0.15, 0.2) is 17.7 Å². The van der Waals surface area contributed by atoms with E-state index in [0.717, 1.165) is 18.2 Å². The standard InChI is InChI=1S/C15H11ClF6O4/c1-2-24-13(23)9-4-7-3-8(25-6-14(17,18)19)5-10(16)11(7)26-12(9)15(20,21)22/h3-5,12H,2,6H2,1H3. The first-order valence-electron chi connectivity index (χ1n) is 7.07. The Labute approximate surface area is 148 Å². The van der Waals surface area contributed by atoms with Gasteiger partial charge in [-0.3, -0.25) is 0 Å². The lowest BCUT2D eigenvalue weighted by Crippen LogP contribution is -2.40. The van der Waals surface area contributed by atoms with E-state index in [1.54, 1.807) is 0 Å². The molecule has 0 aromatic heterocycles. The van der Waals surface area contributed by atoms with Crippen molar-refractivity contribution in [3.63, 3.8) is 0 Å². The van der Waals surface area contributed by atoms with Gasteiger partial charge in [0, 0.05) is 11.6 Å². The van der Waals surface area contributed by atoms with Crippen molar-refractivity contribution in [3.8, 4) is 11.5 Å². The van der Waals surface area contributed by atoms with E-state index in [9.17, 15) is 31.1 Å². The molecule has 1 atom stereocenters. The summed E-state index contributed by atoms with van der Waals surface area (Å²) in [7, 11) is 0. The van der Waals surface area contributed by atoms with Crippen LogP contribution in [0, 0.1) is 0 Å². The number of esters is 1. The molecular weight excluding hydrogens is 394 g/mol. The second kappa shape index (κ2) is 7.26. The van der Waals surface area contributed by atoms with Gasteiger partial charge in [-0.1, -0.05) is 11.6 Å². The second-order valence-electron chi connectivity index (χ2n) is 5.09. The van der Waals surface area contributed by atoms with E-state index in [1.807, 2.05) is 0 Å². The number of hydrogen-bond acceptors (Lipinski definition) is 4. The van der Waals surface area contributed by atoms with Crippen LogP contribution in [0.25, 0.3) is 6.08 Å². The van der Waals surface area contributed by atoms with Crippen molar-refractivity contribution >= 4 is 23.6 Å². The molecule has 0 N–H and O–H groups in total. The first kappa shape index (κ1) is 20.2. The molecule has 0 saturated carbocycles. The molecule has 11 heteroatoms. The predicted molar refractivity (Wildman–Crippen MR) is 78.1 cm³/mol. The van der Waals surface area contributed by atoms with Crippen molar-refractivity contribution in [2.24, 2.45) is 0 Å². The Balaban J connectivity index is 2.44. The quantitative estimate of drug-likeness (QED) is 0.545. The number of halogens is 7. The van der Waals surface area contributed by atoms with E-state index >= 15 is 0 Å². The first-order chi connectivity index (χ1) is 11.9. The lowest BCUT2D eigenvalue weighted by Gasteiger charge is -2.28. The number of fused-ring (bicyclic) bond motifs is 1. The SMILES string of the molecule is CCOC(=O)C1=Cc2cc(OCC(F)(F)F)cc(Cl)c2OC1C(F)(F)F. The molecule has 0 spiro atoms. The van der Waals surface area contributed by atoms with Crippen LogP contribution in [0.3, 0.4) is 0 Å². The van der Waals surface area contributed by atoms with Crippen LogP contribution in [0.1, 0.15) is 12.5 Å². The summed E-state index contributed by atoms with van der Waals surface area (Å²) in [6, 6.07) is 1.88. The van der Waals surface area contributed by atoms with Crippen molar-refractivity contribution < 1.29 is 45.3 Å². The van der Waals surface area contributed by atoms with Crippen LogP contribution < -0.4 is 9.47 Å². The number of rotatable bonds is 4. The fraction of sp³-hybridized carbons (Fsp3) is 0.400. The number of carbonyl (C=O) groups is 1. The van der Waals surface area contributed by atoms with Crippen LogP contribution in [-0.4, -0.2) is 37.6 Å². The summed E-state index contributed by atoms with van der Waals surface area (Å²) in [5.74, 6) is -2.04. The monoisotopic (exact) mass is 404 g/mol. The molecule has 0 fully saturated rings. The lowest BCUT2D eigenvalue weighted by molar-refractivity contribution is -0.187. The van der Waals surface area contributed by atoms with Crippen LogP contribution >= 0.6 is 11.6 Å². The van der Waals surface area contributed by atoms with Crippen molar-refractivity contribution in [3.05, 3.63) is 28.3 Å². The molecule has 4 nitrogen and oxygen atoms in total. The largest absolute Gasteiger partial charge is 0.484 e. The number of alkyl halides is 6. The van der Waals surface area contributed by atoms with Crippen LogP contribution in [0.5, 0.6) is 11.5 Å². The summed E-state index contributed by atoms with van der Waals surface area (Å²) in [5, 5.41) is -0.395. The maximum Gasteiger partial charge on any atom is 0.430 e. The molecule has 1 aromatic carbocycles. The van der Waals surface area contributed by atoms with Crippen LogP contribution in [0.2, 0.25) is 5.02 Å². The smallest absolute Gasteiger partial charge is 0.430 e. The first-order valence-corrected chi connectivity index (χ1v) is 7.45. The Morgan fingerprint density at radius 2 is 1.88 bits per heavy atom. The Morgan fingerprint density at radius 1 is 1.23 bits per heavy atom. The predicted octanol–water partition coefficient (Wildman–Crippen LogP) is 4.55. The zero-order valence-electron chi connectivity index (χ0n) is 13.0. The molecular formula is C15H11ClF6O4. The van der Waals surface area contributed by atoms with Crippen LogP contribution in [-0.2, 0) is 9.53 Å². The Hall–Kier alpha value is -2.10. The highest BCUT2D eigenvalue weighted by Gasteiger charge is 2.49. The normalized spacial score (nSPS) is 17.1. The van der Waals surface area contributed by atoms with Gasteiger partial charge in [0.25, 0.3) is 0 Å². The molecule has 2 rings (SSSR count). The molecule has 0 bridgehead atoms. The topological polar surface area (TPSA) is 44.8 Å². The molecule has 1 aliphatic heterocycles. The van der Waals surface area contributed by atoms with Gasteiger partial charge in [-0.2, -0.15) is 26.3 Å². The fourth-order valence-electron chi connectivity index (χ4n) is 2.12. The van der Waals surface area contributed by atoms with Gasteiger partial charge in [-0.15, -0.1) is 0 Å². The van der Waals surface area contributed by atoms with Gasteiger partial charge in [-0.05, 0) is 19.1 Å². The summed E-state index contributed by atoms with van der Waals surface area (Å²) < 4.78 is 90.2. The van der Waals surface area contributed by atoms with E-state index in [-0.39, 0.29) is 17.9 Å². The van der Waals surface area contributed by atoms with E-state index in [0.29, 0.717) is 0 Å². The minimum atomic E-state index is -4.94. The molecule has 0 radical (unpaired) electrons. The van der Waals surface area contributed by atoms with Crippen molar-refractivity contribution in [2.45, 2.75) is 25.4 Å². The minimum absolute atomic E-state index is 0.141. The third-order valence-electron chi connectivity index (χ3n) is 3.09. The number of benzene rings is 1. The third-order valence-corrected chi connectivity index (χ3v) is 3.37. The van der Waals surface area contributed by atoms with E-state index in [1.165, 1.54) is 6.92 Å².